The third-order valence-corrected chi connectivity index (χ3v) is 6.29. The van der Waals surface area contributed by atoms with Crippen LogP contribution >= 0.6 is 11.6 Å². The number of carbonyl (C=O) groups is 1. The van der Waals surface area contributed by atoms with Crippen LogP contribution in [-0.2, 0) is 10.0 Å². The van der Waals surface area contributed by atoms with Crippen molar-refractivity contribution in [2.45, 2.75) is 17.7 Å². The van der Waals surface area contributed by atoms with E-state index in [-0.39, 0.29) is 21.2 Å². The summed E-state index contributed by atoms with van der Waals surface area (Å²) in [5.41, 5.74) is -0.0468. The van der Waals surface area contributed by atoms with E-state index >= 15 is 0 Å². The molecule has 2 aromatic rings. The van der Waals surface area contributed by atoms with E-state index in [2.05, 4.69) is 5.32 Å². The van der Waals surface area contributed by atoms with E-state index in [4.69, 9.17) is 11.6 Å². The summed E-state index contributed by atoms with van der Waals surface area (Å²) in [5, 5.41) is 2.42. The lowest BCUT2D eigenvalue weighted by Crippen LogP contribution is -2.28. The van der Waals surface area contributed by atoms with Crippen LogP contribution in [0.1, 0.15) is 23.2 Å². The topological polar surface area (TPSA) is 66.5 Å². The molecular formula is C17H15ClF2N2O3S. The zero-order chi connectivity index (χ0) is 18.9. The molecule has 1 N–H and O–H groups in total. The lowest BCUT2D eigenvalue weighted by molar-refractivity contribution is 0.102. The second-order valence-electron chi connectivity index (χ2n) is 5.84. The highest BCUT2D eigenvalue weighted by atomic mass is 35.5. The maximum atomic E-state index is 13.3. The second kappa shape index (κ2) is 7.30. The van der Waals surface area contributed by atoms with Gasteiger partial charge in [-0.25, -0.2) is 17.2 Å². The zero-order valence-corrected chi connectivity index (χ0v) is 15.1. The molecule has 1 saturated heterocycles. The van der Waals surface area contributed by atoms with E-state index in [9.17, 15) is 22.0 Å². The first kappa shape index (κ1) is 18.8. The number of hydrogen-bond donors (Lipinski definition) is 1. The molecule has 0 bridgehead atoms. The smallest absolute Gasteiger partial charge is 0.257 e. The van der Waals surface area contributed by atoms with Crippen molar-refractivity contribution in [1.82, 2.24) is 4.31 Å². The van der Waals surface area contributed by atoms with E-state index in [0.29, 0.717) is 13.1 Å². The van der Waals surface area contributed by atoms with Crippen LogP contribution in [0.5, 0.6) is 0 Å². The first-order valence-electron chi connectivity index (χ1n) is 7.85. The molecule has 1 aliphatic heterocycles. The van der Waals surface area contributed by atoms with Crippen LogP contribution in [0.15, 0.2) is 41.3 Å². The number of anilines is 1. The van der Waals surface area contributed by atoms with Gasteiger partial charge in [-0.05, 0) is 43.2 Å². The van der Waals surface area contributed by atoms with Gasteiger partial charge in [-0.1, -0.05) is 11.6 Å². The Morgan fingerprint density at radius 2 is 1.73 bits per heavy atom. The molecule has 5 nitrogen and oxygen atoms in total. The summed E-state index contributed by atoms with van der Waals surface area (Å²) in [6, 6.07) is 6.74. The van der Waals surface area contributed by atoms with Crippen LogP contribution < -0.4 is 5.32 Å². The molecule has 0 aromatic heterocycles. The highest BCUT2D eigenvalue weighted by Crippen LogP contribution is 2.26. The summed E-state index contributed by atoms with van der Waals surface area (Å²) >= 11 is 6.02. The fourth-order valence-corrected chi connectivity index (χ4v) is 4.44. The predicted molar refractivity (Wildman–Crippen MR) is 93.8 cm³/mol. The normalized spacial score (nSPS) is 15.2. The van der Waals surface area contributed by atoms with E-state index in [1.54, 1.807) is 0 Å². The number of nitrogens with zero attached hydrogens (tertiary/aromatic N) is 1. The molecule has 1 heterocycles. The predicted octanol–water partition coefficient (Wildman–Crippen LogP) is 3.66. The minimum absolute atomic E-state index is 0.0257. The Bertz CT molecular complexity index is 960. The second-order valence-corrected chi connectivity index (χ2v) is 8.18. The molecule has 138 valence electrons. The largest absolute Gasteiger partial charge is 0.322 e. The number of carbonyl (C=O) groups excluding carboxylic acids is 1. The average Bonchev–Trinajstić information content (AvgIpc) is 3.13. The molecule has 0 unspecified atom stereocenters. The van der Waals surface area contributed by atoms with Gasteiger partial charge in [0.1, 0.15) is 0 Å². The number of benzene rings is 2. The SMILES string of the molecule is O=C(Nc1ccc(F)c(F)c1)c1cc(S(=O)(=O)N2CCCC2)ccc1Cl. The molecule has 0 radical (unpaired) electrons. The van der Waals surface area contributed by atoms with Crippen LogP contribution in [0.3, 0.4) is 0 Å². The van der Waals surface area contributed by atoms with Crippen molar-refractivity contribution in [3.8, 4) is 0 Å². The van der Waals surface area contributed by atoms with Gasteiger partial charge in [0.2, 0.25) is 10.0 Å². The molecule has 2 aromatic carbocycles. The number of halogens is 3. The van der Waals surface area contributed by atoms with Crippen molar-refractivity contribution in [3.63, 3.8) is 0 Å². The molecule has 1 amide bonds. The summed E-state index contributed by atoms with van der Waals surface area (Å²) < 4.78 is 52.8. The van der Waals surface area contributed by atoms with Gasteiger partial charge in [-0.2, -0.15) is 4.31 Å². The van der Waals surface area contributed by atoms with Gasteiger partial charge in [0, 0.05) is 24.8 Å². The van der Waals surface area contributed by atoms with Crippen LogP contribution in [-0.4, -0.2) is 31.7 Å². The third kappa shape index (κ3) is 3.72. The van der Waals surface area contributed by atoms with Gasteiger partial charge in [0.05, 0.1) is 15.5 Å². The van der Waals surface area contributed by atoms with Gasteiger partial charge >= 0.3 is 0 Å². The van der Waals surface area contributed by atoms with Crippen molar-refractivity contribution >= 4 is 33.2 Å². The first-order valence-corrected chi connectivity index (χ1v) is 9.67. The van der Waals surface area contributed by atoms with Crippen molar-refractivity contribution in [1.29, 1.82) is 0 Å². The third-order valence-electron chi connectivity index (χ3n) is 4.06. The van der Waals surface area contributed by atoms with E-state index in [1.165, 1.54) is 28.6 Å². The number of sulfonamides is 1. The standard InChI is InChI=1S/C17H15ClF2N2O3S/c18-14-5-4-12(26(24,25)22-7-1-2-8-22)10-13(14)17(23)21-11-3-6-15(19)16(20)9-11/h3-6,9-10H,1-2,7-8H2,(H,21,23). The Hall–Kier alpha value is -2.03. The lowest BCUT2D eigenvalue weighted by Gasteiger charge is -2.16. The Balaban J connectivity index is 1.89. The van der Waals surface area contributed by atoms with Crippen molar-refractivity contribution in [2.24, 2.45) is 0 Å². The molecular weight excluding hydrogens is 386 g/mol. The number of hydrogen-bond acceptors (Lipinski definition) is 3. The summed E-state index contributed by atoms with van der Waals surface area (Å²) in [7, 11) is -3.71. The van der Waals surface area contributed by atoms with Gasteiger partial charge < -0.3 is 5.32 Å². The van der Waals surface area contributed by atoms with Crippen molar-refractivity contribution < 1.29 is 22.0 Å². The Morgan fingerprint density at radius 3 is 2.38 bits per heavy atom. The Kier molecular flexibility index (Phi) is 5.27. The van der Waals surface area contributed by atoms with E-state index in [0.717, 1.165) is 25.0 Å². The number of amides is 1. The molecule has 0 spiro atoms. The van der Waals surface area contributed by atoms with Gasteiger partial charge in [0.25, 0.3) is 5.91 Å². The van der Waals surface area contributed by atoms with Crippen molar-refractivity contribution in [3.05, 3.63) is 58.6 Å². The molecule has 9 heteroatoms. The van der Waals surface area contributed by atoms with Crippen LogP contribution in [0, 0.1) is 11.6 Å². The van der Waals surface area contributed by atoms with Gasteiger partial charge in [-0.15, -0.1) is 0 Å². The Morgan fingerprint density at radius 1 is 1.04 bits per heavy atom. The maximum Gasteiger partial charge on any atom is 0.257 e. The average molecular weight is 401 g/mol. The minimum Gasteiger partial charge on any atom is -0.322 e. The van der Waals surface area contributed by atoms with Gasteiger partial charge in [0.15, 0.2) is 11.6 Å². The summed E-state index contributed by atoms with van der Waals surface area (Å²) in [6.45, 7) is 0.864. The highest BCUT2D eigenvalue weighted by molar-refractivity contribution is 7.89. The summed E-state index contributed by atoms with van der Waals surface area (Å²) in [5.74, 6) is -2.88. The molecule has 0 atom stereocenters. The number of nitrogens with one attached hydrogen (secondary N) is 1. The van der Waals surface area contributed by atoms with E-state index < -0.39 is 27.6 Å². The van der Waals surface area contributed by atoms with Crippen LogP contribution in [0.4, 0.5) is 14.5 Å². The summed E-state index contributed by atoms with van der Waals surface area (Å²) in [6.07, 6.45) is 1.58. The molecule has 0 saturated carbocycles. The zero-order valence-electron chi connectivity index (χ0n) is 13.5. The molecule has 0 aliphatic carbocycles. The number of rotatable bonds is 4. The van der Waals surface area contributed by atoms with Crippen molar-refractivity contribution in [2.75, 3.05) is 18.4 Å². The fourth-order valence-electron chi connectivity index (χ4n) is 2.69. The quantitative estimate of drug-likeness (QED) is 0.851. The molecule has 3 rings (SSSR count). The molecule has 1 aliphatic rings. The van der Waals surface area contributed by atoms with E-state index in [1.807, 2.05) is 0 Å². The maximum absolute atomic E-state index is 13.3. The summed E-state index contributed by atoms with van der Waals surface area (Å²) in [4.78, 5) is 12.4. The first-order chi connectivity index (χ1) is 12.3. The molecule has 26 heavy (non-hydrogen) atoms. The van der Waals surface area contributed by atoms with Crippen LogP contribution in [0.2, 0.25) is 5.02 Å². The highest BCUT2D eigenvalue weighted by Gasteiger charge is 2.28. The van der Waals surface area contributed by atoms with Crippen LogP contribution in [0.25, 0.3) is 0 Å². The van der Waals surface area contributed by atoms with Gasteiger partial charge in [-0.3, -0.25) is 4.79 Å². The molecule has 1 fully saturated rings. The lowest BCUT2D eigenvalue weighted by atomic mass is 10.2. The minimum atomic E-state index is -3.71. The fraction of sp³-hybridized carbons (Fsp3) is 0.235. The monoisotopic (exact) mass is 400 g/mol. The Labute approximate surface area is 154 Å².